The van der Waals surface area contributed by atoms with E-state index in [1.165, 1.54) is 6.08 Å². The van der Waals surface area contributed by atoms with E-state index in [0.717, 1.165) is 25.2 Å². The number of aromatic nitrogens is 2. The number of halogens is 1. The number of carbonyl (C=O) groups excluding carboxylic acids is 1. The van der Waals surface area contributed by atoms with Crippen LogP contribution < -0.4 is 4.74 Å². The van der Waals surface area contributed by atoms with Crippen LogP contribution in [0.15, 0.2) is 41.3 Å². The van der Waals surface area contributed by atoms with E-state index in [4.69, 9.17) is 9.15 Å². The summed E-state index contributed by atoms with van der Waals surface area (Å²) in [6.45, 7) is 1.12. The maximum Gasteiger partial charge on any atom is 0.316 e. The van der Waals surface area contributed by atoms with E-state index in [2.05, 4.69) is 9.97 Å². The summed E-state index contributed by atoms with van der Waals surface area (Å²) in [6.07, 6.45) is 8.21. The normalized spacial score (nSPS) is 18.3. The molecule has 1 aliphatic rings. The van der Waals surface area contributed by atoms with Crippen molar-refractivity contribution in [2.45, 2.75) is 18.9 Å². The minimum atomic E-state index is -0.513. The molecule has 7 heteroatoms. The van der Waals surface area contributed by atoms with Gasteiger partial charge in [-0.2, -0.15) is 0 Å². The van der Waals surface area contributed by atoms with Gasteiger partial charge in [-0.3, -0.25) is 4.79 Å². The Bertz CT molecular complexity index is 670. The first-order valence-corrected chi connectivity index (χ1v) is 7.35. The number of hydrogen-bond donors (Lipinski definition) is 0. The third-order valence-electron chi connectivity index (χ3n) is 3.49. The second-order valence-corrected chi connectivity index (χ2v) is 5.20. The predicted octanol–water partition coefficient (Wildman–Crippen LogP) is 2.29. The summed E-state index contributed by atoms with van der Waals surface area (Å²) in [7, 11) is 0. The van der Waals surface area contributed by atoms with Crippen LogP contribution in [0, 0.1) is 5.82 Å². The Kier molecular flexibility index (Phi) is 4.65. The Morgan fingerprint density at radius 3 is 3.00 bits per heavy atom. The molecule has 120 valence electrons. The van der Waals surface area contributed by atoms with Crippen molar-refractivity contribution in [2.24, 2.45) is 0 Å². The fourth-order valence-corrected chi connectivity index (χ4v) is 2.39. The van der Waals surface area contributed by atoms with Crippen molar-refractivity contribution in [3.8, 4) is 6.01 Å². The van der Waals surface area contributed by atoms with Gasteiger partial charge in [-0.15, -0.1) is 0 Å². The standard InChI is InChI=1S/C16H16FN3O3/c17-12-9-18-16(19-10-12)23-14-3-1-7-20(11-14)15(21)6-5-13-4-2-8-22-13/h2,4-6,8-10,14H,1,3,7,11H2/b6-5+. The number of piperidine rings is 1. The number of amides is 1. The molecule has 1 atom stereocenters. The molecule has 1 aliphatic heterocycles. The van der Waals surface area contributed by atoms with Gasteiger partial charge in [0.05, 0.1) is 25.2 Å². The highest BCUT2D eigenvalue weighted by molar-refractivity contribution is 5.91. The maximum atomic E-state index is 12.8. The molecule has 3 rings (SSSR count). The first kappa shape index (κ1) is 15.2. The summed E-state index contributed by atoms with van der Waals surface area (Å²) < 4.78 is 23.6. The third-order valence-corrected chi connectivity index (χ3v) is 3.49. The highest BCUT2D eigenvalue weighted by Gasteiger charge is 2.24. The summed E-state index contributed by atoms with van der Waals surface area (Å²) in [5, 5.41) is 0. The van der Waals surface area contributed by atoms with E-state index in [1.54, 1.807) is 29.4 Å². The number of likely N-dealkylation sites (tertiary alicyclic amines) is 1. The van der Waals surface area contributed by atoms with E-state index >= 15 is 0 Å². The average molecular weight is 317 g/mol. The third kappa shape index (κ3) is 4.15. The fraction of sp³-hybridized carbons (Fsp3) is 0.312. The van der Waals surface area contributed by atoms with Crippen molar-refractivity contribution < 1.29 is 18.3 Å². The van der Waals surface area contributed by atoms with Crippen LogP contribution >= 0.6 is 0 Å². The first-order chi connectivity index (χ1) is 11.2. The quantitative estimate of drug-likeness (QED) is 0.809. The van der Waals surface area contributed by atoms with Gasteiger partial charge in [0.25, 0.3) is 0 Å². The van der Waals surface area contributed by atoms with Crippen molar-refractivity contribution in [2.75, 3.05) is 13.1 Å². The van der Waals surface area contributed by atoms with E-state index in [9.17, 15) is 9.18 Å². The van der Waals surface area contributed by atoms with Crippen LogP contribution in [-0.4, -0.2) is 40.0 Å². The van der Waals surface area contributed by atoms with E-state index < -0.39 is 5.82 Å². The molecule has 0 N–H and O–H groups in total. The summed E-state index contributed by atoms with van der Waals surface area (Å²) in [4.78, 5) is 21.5. The number of nitrogens with zero attached hydrogens (tertiary/aromatic N) is 3. The van der Waals surface area contributed by atoms with Crippen LogP contribution in [-0.2, 0) is 4.79 Å². The Hall–Kier alpha value is -2.70. The van der Waals surface area contributed by atoms with Gasteiger partial charge in [-0.25, -0.2) is 14.4 Å². The second-order valence-electron chi connectivity index (χ2n) is 5.20. The molecule has 1 fully saturated rings. The van der Waals surface area contributed by atoms with Crippen molar-refractivity contribution in [1.82, 2.24) is 14.9 Å². The number of ether oxygens (including phenoxy) is 1. The monoisotopic (exact) mass is 317 g/mol. The minimum Gasteiger partial charge on any atom is -0.465 e. The van der Waals surface area contributed by atoms with Gasteiger partial charge in [-0.1, -0.05) is 0 Å². The Morgan fingerprint density at radius 1 is 1.43 bits per heavy atom. The van der Waals surface area contributed by atoms with E-state index in [1.807, 2.05) is 0 Å². The topological polar surface area (TPSA) is 68.5 Å². The van der Waals surface area contributed by atoms with Crippen LogP contribution in [0.4, 0.5) is 4.39 Å². The number of furan rings is 1. The Morgan fingerprint density at radius 2 is 2.26 bits per heavy atom. The molecule has 1 unspecified atom stereocenters. The van der Waals surface area contributed by atoms with Crippen molar-refractivity contribution in [3.05, 3.63) is 48.4 Å². The average Bonchev–Trinajstić information content (AvgIpc) is 3.08. The van der Waals surface area contributed by atoms with E-state index in [0.29, 0.717) is 18.8 Å². The molecule has 2 aromatic heterocycles. The van der Waals surface area contributed by atoms with Gasteiger partial charge in [0, 0.05) is 12.6 Å². The molecule has 0 bridgehead atoms. The summed E-state index contributed by atoms with van der Waals surface area (Å²) in [5.74, 6) is 0.0125. The van der Waals surface area contributed by atoms with Crippen LogP contribution in [0.1, 0.15) is 18.6 Å². The van der Waals surface area contributed by atoms with Crippen molar-refractivity contribution in [3.63, 3.8) is 0 Å². The summed E-state index contributed by atoms with van der Waals surface area (Å²) in [6, 6.07) is 3.66. The molecule has 1 saturated heterocycles. The lowest BCUT2D eigenvalue weighted by molar-refractivity contribution is -0.128. The van der Waals surface area contributed by atoms with Crippen molar-refractivity contribution >= 4 is 12.0 Å². The summed E-state index contributed by atoms with van der Waals surface area (Å²) >= 11 is 0. The molecule has 2 aromatic rings. The van der Waals surface area contributed by atoms with Crippen molar-refractivity contribution in [1.29, 1.82) is 0 Å². The van der Waals surface area contributed by atoms with Crippen LogP contribution in [0.25, 0.3) is 6.08 Å². The molecule has 1 amide bonds. The SMILES string of the molecule is O=C(/C=C/c1ccco1)N1CCCC(Oc2ncc(F)cn2)C1. The molecule has 0 radical (unpaired) electrons. The maximum absolute atomic E-state index is 12.8. The fourth-order valence-electron chi connectivity index (χ4n) is 2.39. The molecule has 0 spiro atoms. The zero-order chi connectivity index (χ0) is 16.1. The van der Waals surface area contributed by atoms with Gasteiger partial charge < -0.3 is 14.1 Å². The Labute approximate surface area is 132 Å². The van der Waals surface area contributed by atoms with Crippen LogP contribution in [0.2, 0.25) is 0 Å². The minimum absolute atomic E-state index is 0.102. The molecular weight excluding hydrogens is 301 g/mol. The number of hydrogen-bond acceptors (Lipinski definition) is 5. The molecule has 23 heavy (non-hydrogen) atoms. The molecule has 0 aromatic carbocycles. The van der Waals surface area contributed by atoms with Gasteiger partial charge in [0.2, 0.25) is 5.91 Å². The predicted molar refractivity (Wildman–Crippen MR) is 80.0 cm³/mol. The van der Waals surface area contributed by atoms with Gasteiger partial charge in [0.15, 0.2) is 5.82 Å². The molecule has 0 aliphatic carbocycles. The van der Waals surface area contributed by atoms with Gasteiger partial charge in [0.1, 0.15) is 11.9 Å². The van der Waals surface area contributed by atoms with Crippen LogP contribution in [0.5, 0.6) is 6.01 Å². The largest absolute Gasteiger partial charge is 0.465 e. The summed E-state index contributed by atoms with van der Waals surface area (Å²) in [5.41, 5.74) is 0. The lowest BCUT2D eigenvalue weighted by Crippen LogP contribution is -2.43. The van der Waals surface area contributed by atoms with E-state index in [-0.39, 0.29) is 18.0 Å². The second kappa shape index (κ2) is 7.04. The zero-order valence-corrected chi connectivity index (χ0v) is 12.4. The van der Waals surface area contributed by atoms with Gasteiger partial charge >= 0.3 is 6.01 Å². The number of rotatable bonds is 4. The molecule has 3 heterocycles. The Balaban J connectivity index is 1.57. The first-order valence-electron chi connectivity index (χ1n) is 7.35. The molecule has 0 saturated carbocycles. The van der Waals surface area contributed by atoms with Crippen LogP contribution in [0.3, 0.4) is 0 Å². The van der Waals surface area contributed by atoms with Gasteiger partial charge in [-0.05, 0) is 31.1 Å². The number of carbonyl (C=O) groups is 1. The lowest BCUT2D eigenvalue weighted by atomic mass is 10.1. The highest BCUT2D eigenvalue weighted by atomic mass is 19.1. The molecule has 6 nitrogen and oxygen atoms in total. The molecular formula is C16H16FN3O3. The smallest absolute Gasteiger partial charge is 0.316 e. The lowest BCUT2D eigenvalue weighted by Gasteiger charge is -2.31. The highest BCUT2D eigenvalue weighted by Crippen LogP contribution is 2.16. The zero-order valence-electron chi connectivity index (χ0n) is 12.4.